The molecule has 0 spiro atoms. The van der Waals surface area contributed by atoms with Crippen molar-refractivity contribution in [1.82, 2.24) is 10.2 Å². The molecule has 1 heterocycles. The van der Waals surface area contributed by atoms with Gasteiger partial charge >= 0.3 is 0 Å². The highest BCUT2D eigenvalue weighted by atomic mass is 16.5. The molecule has 2 rings (SSSR count). The number of rotatable bonds is 5. The van der Waals surface area contributed by atoms with Gasteiger partial charge in [-0.05, 0) is 45.4 Å². The van der Waals surface area contributed by atoms with E-state index < -0.39 is 0 Å². The number of hydrogen-bond acceptors (Lipinski definition) is 3. The number of aryl methyl sites for hydroxylation is 2. The largest absolute Gasteiger partial charge is 0.491 e. The van der Waals surface area contributed by atoms with Gasteiger partial charge in [0.15, 0.2) is 0 Å². The van der Waals surface area contributed by atoms with E-state index in [0.29, 0.717) is 0 Å². The van der Waals surface area contributed by atoms with Crippen molar-refractivity contribution in [2.24, 2.45) is 0 Å². The number of hydrogen-bond donors (Lipinski definition) is 2. The van der Waals surface area contributed by atoms with Crippen molar-refractivity contribution in [3.05, 3.63) is 41.2 Å². The van der Waals surface area contributed by atoms with E-state index in [1.54, 1.807) is 0 Å². The second-order valence-corrected chi connectivity index (χ2v) is 4.97. The molecule has 0 atom stereocenters. The smallest absolute Gasteiger partial charge is 0.119 e. The van der Waals surface area contributed by atoms with Crippen molar-refractivity contribution < 1.29 is 4.74 Å². The average molecular weight is 259 g/mol. The Labute approximate surface area is 114 Å². The van der Waals surface area contributed by atoms with Crippen LogP contribution >= 0.6 is 0 Å². The van der Waals surface area contributed by atoms with Gasteiger partial charge in [0.2, 0.25) is 0 Å². The first-order valence-corrected chi connectivity index (χ1v) is 6.57. The van der Waals surface area contributed by atoms with Crippen molar-refractivity contribution in [1.29, 1.82) is 0 Å². The number of nitrogens with zero attached hydrogens (tertiary/aromatic N) is 1. The SMILES string of the molecule is Cc1n[nH]c(C)c1NCc1ccc(OC(C)C)cc1. The minimum absolute atomic E-state index is 0.209. The first-order valence-electron chi connectivity index (χ1n) is 6.57. The molecule has 1 aromatic carbocycles. The number of aromatic amines is 1. The Balaban J connectivity index is 1.97. The topological polar surface area (TPSA) is 49.9 Å². The van der Waals surface area contributed by atoms with Gasteiger partial charge in [-0.25, -0.2) is 0 Å². The van der Waals surface area contributed by atoms with Gasteiger partial charge in [-0.15, -0.1) is 0 Å². The van der Waals surface area contributed by atoms with Gasteiger partial charge < -0.3 is 10.1 Å². The fraction of sp³-hybridized carbons (Fsp3) is 0.400. The minimum Gasteiger partial charge on any atom is -0.491 e. The highest BCUT2D eigenvalue weighted by Crippen LogP contribution is 2.18. The summed E-state index contributed by atoms with van der Waals surface area (Å²) < 4.78 is 5.62. The van der Waals surface area contributed by atoms with Crippen molar-refractivity contribution in [2.75, 3.05) is 5.32 Å². The maximum absolute atomic E-state index is 5.62. The summed E-state index contributed by atoms with van der Waals surface area (Å²) in [5.41, 5.74) is 4.37. The Morgan fingerprint density at radius 2 is 1.89 bits per heavy atom. The third-order valence-electron chi connectivity index (χ3n) is 2.89. The van der Waals surface area contributed by atoms with Crippen LogP contribution in [0.3, 0.4) is 0 Å². The van der Waals surface area contributed by atoms with Gasteiger partial charge in [0.1, 0.15) is 5.75 Å². The summed E-state index contributed by atoms with van der Waals surface area (Å²) in [6, 6.07) is 8.17. The summed E-state index contributed by atoms with van der Waals surface area (Å²) in [6.07, 6.45) is 0.209. The highest BCUT2D eigenvalue weighted by molar-refractivity contribution is 5.51. The summed E-state index contributed by atoms with van der Waals surface area (Å²) in [7, 11) is 0. The van der Waals surface area contributed by atoms with E-state index in [-0.39, 0.29) is 6.10 Å². The molecule has 0 fully saturated rings. The number of aromatic nitrogens is 2. The molecule has 19 heavy (non-hydrogen) atoms. The van der Waals surface area contributed by atoms with Gasteiger partial charge in [-0.2, -0.15) is 5.10 Å². The number of nitrogens with one attached hydrogen (secondary N) is 2. The number of anilines is 1. The first kappa shape index (κ1) is 13.5. The van der Waals surface area contributed by atoms with Crippen LogP contribution in [0.2, 0.25) is 0 Å². The van der Waals surface area contributed by atoms with Crippen molar-refractivity contribution >= 4 is 5.69 Å². The second-order valence-electron chi connectivity index (χ2n) is 4.97. The zero-order chi connectivity index (χ0) is 13.8. The number of H-pyrrole nitrogens is 1. The van der Waals surface area contributed by atoms with Crippen LogP contribution in [0.4, 0.5) is 5.69 Å². The van der Waals surface area contributed by atoms with Crippen LogP contribution in [-0.2, 0) is 6.54 Å². The van der Waals surface area contributed by atoms with E-state index in [4.69, 9.17) is 4.74 Å². The number of benzene rings is 1. The molecule has 0 radical (unpaired) electrons. The molecule has 0 unspecified atom stereocenters. The van der Waals surface area contributed by atoms with Gasteiger partial charge in [0.05, 0.1) is 23.2 Å². The normalized spacial score (nSPS) is 10.8. The lowest BCUT2D eigenvalue weighted by Crippen LogP contribution is -2.06. The molecule has 2 N–H and O–H groups in total. The Hall–Kier alpha value is -1.97. The Morgan fingerprint density at radius 1 is 1.21 bits per heavy atom. The summed E-state index contributed by atoms with van der Waals surface area (Å²) >= 11 is 0. The molecule has 1 aromatic heterocycles. The summed E-state index contributed by atoms with van der Waals surface area (Å²) in [4.78, 5) is 0. The Bertz CT molecular complexity index is 509. The van der Waals surface area contributed by atoms with E-state index in [2.05, 4.69) is 27.6 Å². The standard InChI is InChI=1S/C15H21N3O/c1-10(2)19-14-7-5-13(6-8-14)9-16-15-11(3)17-18-12(15)4/h5-8,10,16H,9H2,1-4H3,(H,17,18). The fourth-order valence-corrected chi connectivity index (χ4v) is 1.96. The molecular weight excluding hydrogens is 238 g/mol. The maximum Gasteiger partial charge on any atom is 0.119 e. The average Bonchev–Trinajstić information content (AvgIpc) is 2.68. The molecule has 0 aliphatic heterocycles. The second kappa shape index (κ2) is 5.78. The quantitative estimate of drug-likeness (QED) is 0.865. The van der Waals surface area contributed by atoms with E-state index in [0.717, 1.165) is 29.4 Å². The van der Waals surface area contributed by atoms with Crippen LogP contribution in [0.5, 0.6) is 5.75 Å². The monoisotopic (exact) mass is 259 g/mol. The maximum atomic E-state index is 5.62. The molecule has 0 bridgehead atoms. The molecular formula is C15H21N3O. The lowest BCUT2D eigenvalue weighted by Gasteiger charge is -2.11. The van der Waals surface area contributed by atoms with Crippen molar-refractivity contribution in [2.45, 2.75) is 40.3 Å². The molecule has 0 saturated heterocycles. The molecule has 102 valence electrons. The molecule has 2 aromatic rings. The summed E-state index contributed by atoms with van der Waals surface area (Å²) in [6.45, 7) is 8.84. The first-order chi connectivity index (χ1) is 9.06. The van der Waals surface area contributed by atoms with Crippen LogP contribution in [-0.4, -0.2) is 16.3 Å². The van der Waals surface area contributed by atoms with Gasteiger partial charge in [0.25, 0.3) is 0 Å². The third kappa shape index (κ3) is 3.50. The third-order valence-corrected chi connectivity index (χ3v) is 2.89. The van der Waals surface area contributed by atoms with Crippen molar-refractivity contribution in [3.8, 4) is 5.75 Å². The highest BCUT2D eigenvalue weighted by Gasteiger charge is 2.05. The predicted octanol–water partition coefficient (Wildman–Crippen LogP) is 3.43. The lowest BCUT2D eigenvalue weighted by atomic mass is 10.2. The van der Waals surface area contributed by atoms with E-state index >= 15 is 0 Å². The molecule has 0 aliphatic rings. The Morgan fingerprint density at radius 3 is 2.42 bits per heavy atom. The lowest BCUT2D eigenvalue weighted by molar-refractivity contribution is 0.242. The molecule has 0 saturated carbocycles. The molecule has 0 aliphatic carbocycles. The Kier molecular flexibility index (Phi) is 4.10. The predicted molar refractivity (Wildman–Crippen MR) is 77.6 cm³/mol. The molecule has 4 nitrogen and oxygen atoms in total. The minimum atomic E-state index is 0.209. The fourth-order valence-electron chi connectivity index (χ4n) is 1.96. The van der Waals surface area contributed by atoms with Crippen LogP contribution in [0.25, 0.3) is 0 Å². The van der Waals surface area contributed by atoms with E-state index in [1.807, 2.05) is 39.8 Å². The van der Waals surface area contributed by atoms with E-state index in [9.17, 15) is 0 Å². The van der Waals surface area contributed by atoms with Gasteiger partial charge in [0, 0.05) is 6.54 Å². The zero-order valence-corrected chi connectivity index (χ0v) is 11.9. The summed E-state index contributed by atoms with van der Waals surface area (Å²) in [5.74, 6) is 0.912. The van der Waals surface area contributed by atoms with E-state index in [1.165, 1.54) is 5.56 Å². The van der Waals surface area contributed by atoms with Crippen LogP contribution in [0, 0.1) is 13.8 Å². The molecule has 0 amide bonds. The van der Waals surface area contributed by atoms with Crippen LogP contribution in [0.15, 0.2) is 24.3 Å². The zero-order valence-electron chi connectivity index (χ0n) is 11.9. The number of ether oxygens (including phenoxy) is 1. The van der Waals surface area contributed by atoms with Crippen LogP contribution < -0.4 is 10.1 Å². The van der Waals surface area contributed by atoms with Gasteiger partial charge in [-0.3, -0.25) is 5.10 Å². The van der Waals surface area contributed by atoms with Crippen molar-refractivity contribution in [3.63, 3.8) is 0 Å². The summed E-state index contributed by atoms with van der Waals surface area (Å²) in [5, 5.41) is 10.5. The molecule has 4 heteroatoms. The van der Waals surface area contributed by atoms with Crippen LogP contribution in [0.1, 0.15) is 30.8 Å². The van der Waals surface area contributed by atoms with Gasteiger partial charge in [-0.1, -0.05) is 12.1 Å².